The van der Waals surface area contributed by atoms with Crippen molar-refractivity contribution in [2.45, 2.75) is 31.8 Å². The number of halogens is 2. The van der Waals surface area contributed by atoms with E-state index in [2.05, 4.69) is 17.6 Å². The summed E-state index contributed by atoms with van der Waals surface area (Å²) >= 11 is 0. The Morgan fingerprint density at radius 3 is 2.80 bits per heavy atom. The van der Waals surface area contributed by atoms with E-state index in [9.17, 15) is 9.18 Å². The van der Waals surface area contributed by atoms with Crippen molar-refractivity contribution in [2.75, 3.05) is 13.2 Å². The van der Waals surface area contributed by atoms with Crippen molar-refractivity contribution in [3.8, 4) is 5.75 Å². The molecule has 1 saturated heterocycles. The van der Waals surface area contributed by atoms with Gasteiger partial charge in [0, 0.05) is 12.1 Å². The zero-order valence-corrected chi connectivity index (χ0v) is 12.2. The lowest BCUT2D eigenvalue weighted by molar-refractivity contribution is -0.124. The first-order chi connectivity index (χ1) is 9.15. The summed E-state index contributed by atoms with van der Waals surface area (Å²) in [7, 11) is 0. The topological polar surface area (TPSA) is 50.4 Å². The lowest BCUT2D eigenvalue weighted by Gasteiger charge is -2.30. The van der Waals surface area contributed by atoms with Crippen LogP contribution in [0.15, 0.2) is 24.3 Å². The summed E-state index contributed by atoms with van der Waals surface area (Å²) in [5.74, 6) is 0.0233. The van der Waals surface area contributed by atoms with E-state index in [0.717, 1.165) is 19.4 Å². The number of rotatable bonds is 4. The van der Waals surface area contributed by atoms with Crippen LogP contribution in [-0.2, 0) is 4.79 Å². The van der Waals surface area contributed by atoms with Gasteiger partial charge < -0.3 is 15.4 Å². The van der Waals surface area contributed by atoms with E-state index in [-0.39, 0.29) is 42.8 Å². The van der Waals surface area contributed by atoms with E-state index in [1.54, 1.807) is 0 Å². The molecule has 1 fully saturated rings. The van der Waals surface area contributed by atoms with Crippen molar-refractivity contribution in [3.63, 3.8) is 0 Å². The van der Waals surface area contributed by atoms with Gasteiger partial charge in [-0.2, -0.15) is 0 Å². The van der Waals surface area contributed by atoms with Crippen molar-refractivity contribution in [1.82, 2.24) is 10.6 Å². The molecule has 0 saturated carbocycles. The van der Waals surface area contributed by atoms with Gasteiger partial charge >= 0.3 is 0 Å². The standard InChI is InChI=1S/C14H19FN2O2.ClH/c1-10-13(3-2-8-16-10)17-14(18)9-19-12-6-4-11(15)5-7-12;/h4-7,10,13,16H,2-3,8-9H2,1H3,(H,17,18);1H. The Morgan fingerprint density at radius 2 is 2.15 bits per heavy atom. The Morgan fingerprint density at radius 1 is 1.45 bits per heavy atom. The Bertz CT molecular complexity index is 428. The first kappa shape index (κ1) is 16.7. The molecule has 1 aliphatic heterocycles. The number of benzene rings is 1. The van der Waals surface area contributed by atoms with Crippen LogP contribution in [0.3, 0.4) is 0 Å². The van der Waals surface area contributed by atoms with Crippen LogP contribution in [0.2, 0.25) is 0 Å². The fraction of sp³-hybridized carbons (Fsp3) is 0.500. The molecule has 1 heterocycles. The average Bonchev–Trinajstić information content (AvgIpc) is 2.41. The second-order valence-corrected chi connectivity index (χ2v) is 4.80. The van der Waals surface area contributed by atoms with Crippen LogP contribution in [0.25, 0.3) is 0 Å². The van der Waals surface area contributed by atoms with Crippen molar-refractivity contribution >= 4 is 18.3 Å². The third-order valence-corrected chi connectivity index (χ3v) is 3.29. The first-order valence-corrected chi connectivity index (χ1v) is 6.56. The van der Waals surface area contributed by atoms with Gasteiger partial charge in [-0.25, -0.2) is 4.39 Å². The highest BCUT2D eigenvalue weighted by Crippen LogP contribution is 2.11. The van der Waals surface area contributed by atoms with Gasteiger partial charge in [-0.15, -0.1) is 12.4 Å². The quantitative estimate of drug-likeness (QED) is 0.893. The van der Waals surface area contributed by atoms with E-state index in [4.69, 9.17) is 4.74 Å². The summed E-state index contributed by atoms with van der Waals surface area (Å²) in [5.41, 5.74) is 0. The van der Waals surface area contributed by atoms with Gasteiger partial charge in [-0.05, 0) is 50.6 Å². The van der Waals surface area contributed by atoms with Gasteiger partial charge in [0.15, 0.2) is 6.61 Å². The van der Waals surface area contributed by atoms with Crippen molar-refractivity contribution in [2.24, 2.45) is 0 Å². The highest BCUT2D eigenvalue weighted by molar-refractivity contribution is 5.85. The highest BCUT2D eigenvalue weighted by Gasteiger charge is 2.22. The zero-order valence-electron chi connectivity index (χ0n) is 11.4. The lowest BCUT2D eigenvalue weighted by atomic mass is 10.00. The van der Waals surface area contributed by atoms with Gasteiger partial charge in [0.05, 0.1) is 0 Å². The molecular formula is C14H20ClFN2O2. The molecule has 20 heavy (non-hydrogen) atoms. The molecule has 0 aromatic heterocycles. The first-order valence-electron chi connectivity index (χ1n) is 6.56. The van der Waals surface area contributed by atoms with Crippen LogP contribution in [0.4, 0.5) is 4.39 Å². The molecule has 2 unspecified atom stereocenters. The van der Waals surface area contributed by atoms with Gasteiger partial charge in [-0.1, -0.05) is 0 Å². The van der Waals surface area contributed by atoms with Crippen molar-refractivity contribution in [1.29, 1.82) is 0 Å². The number of hydrogen-bond acceptors (Lipinski definition) is 3. The monoisotopic (exact) mass is 302 g/mol. The zero-order chi connectivity index (χ0) is 13.7. The maximum absolute atomic E-state index is 12.7. The maximum atomic E-state index is 12.7. The molecule has 0 bridgehead atoms. The van der Waals surface area contributed by atoms with Crippen LogP contribution in [0.5, 0.6) is 5.75 Å². The van der Waals surface area contributed by atoms with E-state index < -0.39 is 0 Å². The molecule has 4 nitrogen and oxygen atoms in total. The smallest absolute Gasteiger partial charge is 0.258 e. The fourth-order valence-corrected chi connectivity index (χ4v) is 2.17. The number of ether oxygens (including phenoxy) is 1. The van der Waals surface area contributed by atoms with Crippen LogP contribution in [0, 0.1) is 5.82 Å². The molecule has 2 rings (SSSR count). The van der Waals surface area contributed by atoms with Crippen molar-refractivity contribution < 1.29 is 13.9 Å². The number of carbonyl (C=O) groups is 1. The number of hydrogen-bond donors (Lipinski definition) is 2. The predicted molar refractivity (Wildman–Crippen MR) is 77.8 cm³/mol. The normalized spacial score (nSPS) is 21.7. The van der Waals surface area contributed by atoms with Gasteiger partial charge in [-0.3, -0.25) is 4.79 Å². The van der Waals surface area contributed by atoms with Gasteiger partial charge in [0.25, 0.3) is 5.91 Å². The number of amides is 1. The molecule has 2 atom stereocenters. The highest BCUT2D eigenvalue weighted by atomic mass is 35.5. The van der Waals surface area contributed by atoms with Gasteiger partial charge in [0.2, 0.25) is 0 Å². The van der Waals surface area contributed by atoms with Crippen LogP contribution in [-0.4, -0.2) is 31.1 Å². The van der Waals surface area contributed by atoms with E-state index in [1.807, 2.05) is 0 Å². The third kappa shape index (κ3) is 4.98. The van der Waals surface area contributed by atoms with Crippen LogP contribution >= 0.6 is 12.4 Å². The molecule has 6 heteroatoms. The minimum absolute atomic E-state index is 0. The molecule has 0 radical (unpaired) electrons. The molecular weight excluding hydrogens is 283 g/mol. The minimum Gasteiger partial charge on any atom is -0.484 e. The number of nitrogens with one attached hydrogen (secondary N) is 2. The van der Waals surface area contributed by atoms with E-state index in [0.29, 0.717) is 5.75 Å². The second-order valence-electron chi connectivity index (χ2n) is 4.80. The number of piperidine rings is 1. The summed E-state index contributed by atoms with van der Waals surface area (Å²) in [6, 6.07) is 6.06. The molecule has 1 aromatic rings. The SMILES string of the molecule is CC1NCCCC1NC(=O)COc1ccc(F)cc1.Cl. The molecule has 0 aliphatic carbocycles. The number of carbonyl (C=O) groups excluding carboxylic acids is 1. The minimum atomic E-state index is -0.320. The lowest BCUT2D eigenvalue weighted by Crippen LogP contribution is -2.52. The molecule has 1 aromatic carbocycles. The summed E-state index contributed by atoms with van der Waals surface area (Å²) in [5, 5.41) is 6.27. The summed E-state index contributed by atoms with van der Waals surface area (Å²) < 4.78 is 18.0. The molecule has 1 amide bonds. The predicted octanol–water partition coefficient (Wildman–Crippen LogP) is 1.88. The summed E-state index contributed by atoms with van der Waals surface area (Å²) in [6.07, 6.45) is 2.05. The summed E-state index contributed by atoms with van der Waals surface area (Å²) in [4.78, 5) is 11.8. The van der Waals surface area contributed by atoms with E-state index >= 15 is 0 Å². The van der Waals surface area contributed by atoms with E-state index in [1.165, 1.54) is 24.3 Å². The Hall–Kier alpha value is -1.33. The second kappa shape index (κ2) is 8.07. The fourth-order valence-electron chi connectivity index (χ4n) is 2.17. The maximum Gasteiger partial charge on any atom is 0.258 e. The average molecular weight is 303 g/mol. The molecule has 0 spiro atoms. The third-order valence-electron chi connectivity index (χ3n) is 3.29. The van der Waals surface area contributed by atoms with Gasteiger partial charge in [0.1, 0.15) is 11.6 Å². The van der Waals surface area contributed by atoms with Crippen molar-refractivity contribution in [3.05, 3.63) is 30.1 Å². The van der Waals surface area contributed by atoms with Crippen LogP contribution < -0.4 is 15.4 Å². The molecule has 112 valence electrons. The van der Waals surface area contributed by atoms with Crippen LogP contribution in [0.1, 0.15) is 19.8 Å². The summed E-state index contributed by atoms with van der Waals surface area (Å²) in [6.45, 7) is 3.01. The Balaban J connectivity index is 0.00000200. The largest absolute Gasteiger partial charge is 0.484 e. The molecule has 2 N–H and O–H groups in total. The Labute approximate surface area is 124 Å². The molecule has 1 aliphatic rings. The Kier molecular flexibility index (Phi) is 6.75.